The Morgan fingerprint density at radius 1 is 1.57 bits per heavy atom. The molecule has 1 atom stereocenters. The number of imidazole rings is 1. The summed E-state index contributed by atoms with van der Waals surface area (Å²) in [5.41, 5.74) is 1.60. The van der Waals surface area contributed by atoms with E-state index in [0.29, 0.717) is 17.6 Å². The van der Waals surface area contributed by atoms with E-state index in [2.05, 4.69) is 10.3 Å². The molecule has 1 heterocycles. The number of carbonyl (C=O) groups excluding carboxylic acids is 1. The molecule has 0 radical (unpaired) electrons. The van der Waals surface area contributed by atoms with Crippen LogP contribution >= 0.6 is 11.6 Å². The molecule has 0 bridgehead atoms. The monoisotopic (exact) mass is 307 g/mol. The normalized spacial score (nSPS) is 16.0. The van der Waals surface area contributed by atoms with Gasteiger partial charge in [-0.25, -0.2) is 4.98 Å². The average molecular weight is 308 g/mol. The fraction of sp³-hybridized carbons (Fsp3) is 0.467. The molecule has 1 aliphatic carbocycles. The second kappa shape index (κ2) is 5.56. The fourth-order valence-corrected chi connectivity index (χ4v) is 2.59. The second-order valence-corrected chi connectivity index (χ2v) is 6.00. The third-order valence-corrected chi connectivity index (χ3v) is 3.79. The molecule has 1 saturated carbocycles. The van der Waals surface area contributed by atoms with Crippen LogP contribution in [-0.2, 0) is 11.3 Å². The van der Waals surface area contributed by atoms with E-state index in [4.69, 9.17) is 16.3 Å². The molecule has 2 aromatic rings. The average Bonchev–Trinajstić information content (AvgIpc) is 3.18. The number of nitrogens with zero attached hydrogens (tertiary/aromatic N) is 2. The number of hydrogen-bond acceptors (Lipinski definition) is 3. The van der Waals surface area contributed by atoms with Gasteiger partial charge in [0.15, 0.2) is 0 Å². The van der Waals surface area contributed by atoms with Crippen LogP contribution in [0, 0.1) is 0 Å². The van der Waals surface area contributed by atoms with Gasteiger partial charge in [-0.05, 0) is 31.9 Å². The molecular formula is C15H18ClN3O2. The number of fused-ring (bicyclic) bond motifs is 1. The van der Waals surface area contributed by atoms with Gasteiger partial charge in [-0.1, -0.05) is 6.07 Å². The molecule has 21 heavy (non-hydrogen) atoms. The highest BCUT2D eigenvalue weighted by Crippen LogP contribution is 2.30. The molecule has 1 aromatic heterocycles. The van der Waals surface area contributed by atoms with Crippen LogP contribution < -0.4 is 10.1 Å². The zero-order chi connectivity index (χ0) is 15.0. The molecular weight excluding hydrogens is 290 g/mol. The number of amides is 1. The van der Waals surface area contributed by atoms with Crippen molar-refractivity contribution in [1.82, 2.24) is 14.9 Å². The molecule has 0 aliphatic heterocycles. The van der Waals surface area contributed by atoms with Gasteiger partial charge < -0.3 is 14.6 Å². The highest BCUT2D eigenvalue weighted by molar-refractivity contribution is 6.20. The molecule has 112 valence electrons. The molecule has 1 aliphatic rings. The quantitative estimate of drug-likeness (QED) is 0.864. The van der Waals surface area contributed by atoms with Crippen LogP contribution in [-0.4, -0.2) is 28.6 Å². The third kappa shape index (κ3) is 2.83. The van der Waals surface area contributed by atoms with E-state index in [1.165, 1.54) is 0 Å². The summed E-state index contributed by atoms with van der Waals surface area (Å²) in [4.78, 5) is 16.7. The topological polar surface area (TPSA) is 56.2 Å². The molecule has 1 amide bonds. The minimum absolute atomic E-state index is 0.00168. The molecule has 0 spiro atoms. The smallest absolute Gasteiger partial charge is 0.240 e. The summed E-state index contributed by atoms with van der Waals surface area (Å²) in [6.07, 6.45) is 2.14. The molecule has 1 aromatic carbocycles. The number of hydrogen-bond donors (Lipinski definition) is 1. The van der Waals surface area contributed by atoms with Crippen molar-refractivity contribution in [2.45, 2.75) is 37.7 Å². The first-order chi connectivity index (χ1) is 10.1. The van der Waals surface area contributed by atoms with Gasteiger partial charge in [-0.15, -0.1) is 11.6 Å². The second-order valence-electron chi connectivity index (χ2n) is 5.34. The van der Waals surface area contributed by atoms with Crippen molar-refractivity contribution in [3.05, 3.63) is 24.0 Å². The molecule has 6 heteroatoms. The van der Waals surface area contributed by atoms with Crippen LogP contribution in [0.1, 0.15) is 31.0 Å². The highest BCUT2D eigenvalue weighted by atomic mass is 35.5. The lowest BCUT2D eigenvalue weighted by molar-refractivity contribution is -0.121. The predicted octanol–water partition coefficient (Wildman–Crippen LogP) is 2.62. The van der Waals surface area contributed by atoms with Gasteiger partial charge in [-0.2, -0.15) is 0 Å². The van der Waals surface area contributed by atoms with Crippen LogP contribution in [0.15, 0.2) is 18.2 Å². The van der Waals surface area contributed by atoms with Gasteiger partial charge in [0.1, 0.15) is 23.6 Å². The Kier molecular flexibility index (Phi) is 3.76. The van der Waals surface area contributed by atoms with E-state index in [1.807, 2.05) is 29.7 Å². The van der Waals surface area contributed by atoms with Crippen LogP contribution in [0.3, 0.4) is 0 Å². The van der Waals surface area contributed by atoms with Crippen molar-refractivity contribution < 1.29 is 9.53 Å². The molecule has 1 N–H and O–H groups in total. The summed E-state index contributed by atoms with van der Waals surface area (Å²) in [5.74, 6) is 1.37. The van der Waals surface area contributed by atoms with Crippen LogP contribution in [0.5, 0.6) is 5.75 Å². The number of alkyl halides is 1. The van der Waals surface area contributed by atoms with Gasteiger partial charge in [0, 0.05) is 6.04 Å². The highest BCUT2D eigenvalue weighted by Gasteiger charge is 2.25. The number of rotatable bonds is 5. The Hall–Kier alpha value is -1.75. The maximum absolute atomic E-state index is 12.1. The van der Waals surface area contributed by atoms with Crippen molar-refractivity contribution in [1.29, 1.82) is 0 Å². The summed E-state index contributed by atoms with van der Waals surface area (Å²) < 4.78 is 7.20. The Bertz CT molecular complexity index is 677. The SMILES string of the molecule is COc1cccc2c1nc(C(C)Cl)n2CC(=O)NC1CC1. The minimum atomic E-state index is -0.282. The molecule has 1 fully saturated rings. The zero-order valence-corrected chi connectivity index (χ0v) is 12.9. The molecule has 5 nitrogen and oxygen atoms in total. The molecule has 1 unspecified atom stereocenters. The Morgan fingerprint density at radius 3 is 2.95 bits per heavy atom. The summed E-state index contributed by atoms with van der Waals surface area (Å²) in [7, 11) is 1.61. The predicted molar refractivity (Wildman–Crippen MR) is 81.7 cm³/mol. The van der Waals surface area contributed by atoms with Gasteiger partial charge >= 0.3 is 0 Å². The van der Waals surface area contributed by atoms with E-state index in [0.717, 1.165) is 23.9 Å². The lowest BCUT2D eigenvalue weighted by atomic mass is 10.3. The van der Waals surface area contributed by atoms with Gasteiger partial charge in [-0.3, -0.25) is 4.79 Å². The lowest BCUT2D eigenvalue weighted by Crippen LogP contribution is -2.29. The van der Waals surface area contributed by atoms with E-state index in [-0.39, 0.29) is 17.8 Å². The van der Waals surface area contributed by atoms with Crippen molar-refractivity contribution in [2.24, 2.45) is 0 Å². The number of aromatic nitrogens is 2. The van der Waals surface area contributed by atoms with E-state index >= 15 is 0 Å². The van der Waals surface area contributed by atoms with Gasteiger partial charge in [0.2, 0.25) is 5.91 Å². The van der Waals surface area contributed by atoms with E-state index < -0.39 is 0 Å². The maximum Gasteiger partial charge on any atom is 0.240 e. The van der Waals surface area contributed by atoms with Crippen molar-refractivity contribution in [3.8, 4) is 5.75 Å². The Morgan fingerprint density at radius 2 is 2.33 bits per heavy atom. The van der Waals surface area contributed by atoms with Crippen LogP contribution in [0.25, 0.3) is 11.0 Å². The fourth-order valence-electron chi connectivity index (χ4n) is 2.42. The molecule has 3 rings (SSSR count). The van der Waals surface area contributed by atoms with Gasteiger partial charge in [0.25, 0.3) is 0 Å². The summed E-state index contributed by atoms with van der Waals surface area (Å²) in [6, 6.07) is 6.02. The Labute approximate surface area is 128 Å². The van der Waals surface area contributed by atoms with Crippen molar-refractivity contribution >= 4 is 28.5 Å². The number of benzene rings is 1. The minimum Gasteiger partial charge on any atom is -0.494 e. The van der Waals surface area contributed by atoms with Crippen LogP contribution in [0.2, 0.25) is 0 Å². The number of carbonyl (C=O) groups is 1. The molecule has 0 saturated heterocycles. The Balaban J connectivity index is 2.01. The number of methoxy groups -OCH3 is 1. The summed E-state index contributed by atoms with van der Waals surface area (Å²) >= 11 is 6.22. The largest absolute Gasteiger partial charge is 0.494 e. The number of ether oxygens (including phenoxy) is 1. The first-order valence-corrected chi connectivity index (χ1v) is 7.50. The van der Waals surface area contributed by atoms with Crippen molar-refractivity contribution in [2.75, 3.05) is 7.11 Å². The van der Waals surface area contributed by atoms with Gasteiger partial charge in [0.05, 0.1) is 18.0 Å². The summed E-state index contributed by atoms with van der Waals surface area (Å²) in [5, 5.41) is 2.71. The number of para-hydroxylation sites is 1. The first kappa shape index (κ1) is 14.2. The zero-order valence-electron chi connectivity index (χ0n) is 12.1. The van der Waals surface area contributed by atoms with E-state index in [9.17, 15) is 4.79 Å². The van der Waals surface area contributed by atoms with E-state index in [1.54, 1.807) is 7.11 Å². The standard InChI is InChI=1S/C15H18ClN3O2/c1-9(16)15-18-14-11(4-3-5-12(14)21-2)19(15)8-13(20)17-10-6-7-10/h3-5,9-10H,6-8H2,1-2H3,(H,17,20). The number of halogens is 1. The first-order valence-electron chi connectivity index (χ1n) is 7.06. The summed E-state index contributed by atoms with van der Waals surface area (Å²) in [6.45, 7) is 2.08. The van der Waals surface area contributed by atoms with Crippen LogP contribution in [0.4, 0.5) is 0 Å². The third-order valence-electron chi connectivity index (χ3n) is 3.59. The maximum atomic E-state index is 12.1. The lowest BCUT2D eigenvalue weighted by Gasteiger charge is -2.10. The van der Waals surface area contributed by atoms with Crippen molar-refractivity contribution in [3.63, 3.8) is 0 Å². The number of nitrogens with one attached hydrogen (secondary N) is 1.